The van der Waals surface area contributed by atoms with Gasteiger partial charge in [0.25, 0.3) is 5.79 Å². The molecule has 0 N–H and O–H groups in total. The number of ether oxygens (including phenoxy) is 3. The van der Waals surface area contributed by atoms with Crippen molar-refractivity contribution in [2.75, 3.05) is 0 Å². The molecule has 0 heterocycles. The molecule has 0 aliphatic carbocycles. The van der Waals surface area contributed by atoms with E-state index in [9.17, 15) is 9.59 Å². The van der Waals surface area contributed by atoms with Crippen molar-refractivity contribution in [3.05, 3.63) is 0 Å². The van der Waals surface area contributed by atoms with Gasteiger partial charge in [0.2, 0.25) is 0 Å². The molecule has 0 aliphatic heterocycles. The van der Waals surface area contributed by atoms with Crippen LogP contribution in [0.15, 0.2) is 0 Å². The molecule has 0 amide bonds. The molecule has 0 aliphatic rings. The molecule has 100 valence electrons. The van der Waals surface area contributed by atoms with Gasteiger partial charge >= 0.3 is 11.9 Å². The van der Waals surface area contributed by atoms with Crippen LogP contribution < -0.4 is 0 Å². The molecule has 0 fully saturated rings. The SMILES string of the molecule is CCC(OC(C)C)(OC(C)C)C(=O)OC(C)=O. The van der Waals surface area contributed by atoms with Gasteiger partial charge < -0.3 is 14.2 Å². The van der Waals surface area contributed by atoms with Crippen LogP contribution in [-0.4, -0.2) is 29.9 Å². The van der Waals surface area contributed by atoms with Gasteiger partial charge in [-0.2, -0.15) is 0 Å². The van der Waals surface area contributed by atoms with E-state index in [0.29, 0.717) is 0 Å². The van der Waals surface area contributed by atoms with Crippen LogP contribution in [0.4, 0.5) is 0 Å². The van der Waals surface area contributed by atoms with E-state index in [1.54, 1.807) is 34.6 Å². The van der Waals surface area contributed by atoms with Crippen LogP contribution >= 0.6 is 0 Å². The molecule has 0 atom stereocenters. The first-order chi connectivity index (χ1) is 7.73. The van der Waals surface area contributed by atoms with Gasteiger partial charge in [-0.25, -0.2) is 4.79 Å². The van der Waals surface area contributed by atoms with Crippen LogP contribution in [0.1, 0.15) is 48.0 Å². The predicted molar refractivity (Wildman–Crippen MR) is 62.2 cm³/mol. The maximum atomic E-state index is 11.9. The summed E-state index contributed by atoms with van der Waals surface area (Å²) in [5, 5.41) is 0. The Kier molecular flexibility index (Phi) is 6.34. The molecular formula is C12H22O5. The summed E-state index contributed by atoms with van der Waals surface area (Å²) in [4.78, 5) is 22.7. The number of carbonyl (C=O) groups is 2. The minimum atomic E-state index is -1.51. The van der Waals surface area contributed by atoms with Crippen molar-refractivity contribution in [2.45, 2.75) is 66.0 Å². The van der Waals surface area contributed by atoms with Crippen LogP contribution in [0.2, 0.25) is 0 Å². The van der Waals surface area contributed by atoms with Gasteiger partial charge in [0, 0.05) is 13.3 Å². The third-order valence-corrected chi connectivity index (χ3v) is 1.87. The number of hydrogen-bond acceptors (Lipinski definition) is 5. The summed E-state index contributed by atoms with van der Waals surface area (Å²) in [5.41, 5.74) is 0. The number of rotatable bonds is 6. The largest absolute Gasteiger partial charge is 0.389 e. The summed E-state index contributed by atoms with van der Waals surface area (Å²) in [5.74, 6) is -2.98. The van der Waals surface area contributed by atoms with E-state index < -0.39 is 17.7 Å². The van der Waals surface area contributed by atoms with Crippen molar-refractivity contribution < 1.29 is 23.8 Å². The molecule has 5 nitrogen and oxygen atoms in total. The number of carbonyl (C=O) groups excluding carboxylic acids is 2. The lowest BCUT2D eigenvalue weighted by Crippen LogP contribution is -2.48. The zero-order chi connectivity index (χ0) is 13.6. The highest BCUT2D eigenvalue weighted by Crippen LogP contribution is 2.24. The fraction of sp³-hybridized carbons (Fsp3) is 0.833. The molecule has 0 radical (unpaired) electrons. The quantitative estimate of drug-likeness (QED) is 0.407. The first kappa shape index (κ1) is 16.1. The molecule has 0 saturated carbocycles. The topological polar surface area (TPSA) is 61.8 Å². The Balaban J connectivity index is 5.02. The summed E-state index contributed by atoms with van der Waals surface area (Å²) in [6.07, 6.45) is -0.156. The van der Waals surface area contributed by atoms with E-state index in [2.05, 4.69) is 4.74 Å². The van der Waals surface area contributed by atoms with E-state index in [1.807, 2.05) is 0 Å². The average Bonchev–Trinajstić information content (AvgIpc) is 2.13. The summed E-state index contributed by atoms with van der Waals surface area (Å²) in [7, 11) is 0. The third-order valence-electron chi connectivity index (χ3n) is 1.87. The molecule has 0 aromatic rings. The highest BCUT2D eigenvalue weighted by atomic mass is 16.7. The average molecular weight is 246 g/mol. The summed E-state index contributed by atoms with van der Waals surface area (Å²) >= 11 is 0. The Labute approximate surface area is 102 Å². The molecule has 0 unspecified atom stereocenters. The number of esters is 2. The Morgan fingerprint density at radius 2 is 1.47 bits per heavy atom. The summed E-state index contributed by atoms with van der Waals surface area (Å²) in [6.45, 7) is 10.1. The van der Waals surface area contributed by atoms with Crippen LogP contribution in [-0.2, 0) is 23.8 Å². The molecule has 5 heteroatoms. The van der Waals surface area contributed by atoms with Crippen molar-refractivity contribution in [1.29, 1.82) is 0 Å². The Bertz CT molecular complexity index is 260. The fourth-order valence-electron chi connectivity index (χ4n) is 1.40. The van der Waals surface area contributed by atoms with Crippen molar-refractivity contribution in [1.82, 2.24) is 0 Å². The Hall–Kier alpha value is -0.940. The second-order valence-corrected chi connectivity index (χ2v) is 4.32. The molecule has 0 aromatic carbocycles. The first-order valence-corrected chi connectivity index (χ1v) is 5.82. The lowest BCUT2D eigenvalue weighted by atomic mass is 10.2. The standard InChI is InChI=1S/C12H22O5/c1-7-12(16-8(2)3,17-9(4)5)11(14)15-10(6)13/h8-9H,7H2,1-6H3. The highest BCUT2D eigenvalue weighted by molar-refractivity contribution is 5.88. The molecular weight excluding hydrogens is 224 g/mol. The van der Waals surface area contributed by atoms with Gasteiger partial charge in [0.15, 0.2) is 0 Å². The second kappa shape index (κ2) is 6.71. The van der Waals surface area contributed by atoms with Gasteiger partial charge in [-0.3, -0.25) is 4.79 Å². The highest BCUT2D eigenvalue weighted by Gasteiger charge is 2.43. The molecule has 0 aromatic heterocycles. The monoisotopic (exact) mass is 246 g/mol. The van der Waals surface area contributed by atoms with Crippen LogP contribution in [0.25, 0.3) is 0 Å². The van der Waals surface area contributed by atoms with Crippen molar-refractivity contribution >= 4 is 11.9 Å². The molecule has 17 heavy (non-hydrogen) atoms. The van der Waals surface area contributed by atoms with Gasteiger partial charge in [-0.1, -0.05) is 6.92 Å². The van der Waals surface area contributed by atoms with E-state index in [-0.39, 0.29) is 18.6 Å². The zero-order valence-electron chi connectivity index (χ0n) is 11.4. The van der Waals surface area contributed by atoms with Gasteiger partial charge in [-0.05, 0) is 27.7 Å². The van der Waals surface area contributed by atoms with E-state index >= 15 is 0 Å². The third kappa shape index (κ3) is 5.28. The normalized spacial score (nSPS) is 12.0. The lowest BCUT2D eigenvalue weighted by Gasteiger charge is -2.33. The van der Waals surface area contributed by atoms with Gasteiger partial charge in [-0.15, -0.1) is 0 Å². The predicted octanol–water partition coefficient (Wildman–Crippen LogP) is 2.03. The summed E-state index contributed by atoms with van der Waals surface area (Å²) in [6, 6.07) is 0. The van der Waals surface area contributed by atoms with Crippen LogP contribution in [0.3, 0.4) is 0 Å². The minimum Gasteiger partial charge on any atom is -0.389 e. The smallest absolute Gasteiger partial charge is 0.374 e. The molecule has 0 bridgehead atoms. The van der Waals surface area contributed by atoms with Crippen LogP contribution in [0.5, 0.6) is 0 Å². The number of hydrogen-bond donors (Lipinski definition) is 0. The maximum Gasteiger partial charge on any atom is 0.374 e. The molecule has 0 saturated heterocycles. The van der Waals surface area contributed by atoms with E-state index in [0.717, 1.165) is 0 Å². The van der Waals surface area contributed by atoms with Gasteiger partial charge in [0.05, 0.1) is 12.2 Å². The van der Waals surface area contributed by atoms with Crippen molar-refractivity contribution in [2.24, 2.45) is 0 Å². The molecule has 0 rings (SSSR count). The van der Waals surface area contributed by atoms with E-state index in [4.69, 9.17) is 9.47 Å². The maximum absolute atomic E-state index is 11.9. The summed E-state index contributed by atoms with van der Waals surface area (Å²) < 4.78 is 15.6. The molecule has 0 spiro atoms. The Morgan fingerprint density at radius 3 is 1.71 bits per heavy atom. The zero-order valence-corrected chi connectivity index (χ0v) is 11.4. The second-order valence-electron chi connectivity index (χ2n) is 4.32. The van der Waals surface area contributed by atoms with Crippen LogP contribution in [0, 0.1) is 0 Å². The first-order valence-electron chi connectivity index (χ1n) is 5.82. The minimum absolute atomic E-state index is 0.215. The van der Waals surface area contributed by atoms with Crippen molar-refractivity contribution in [3.8, 4) is 0 Å². The Morgan fingerprint density at radius 1 is 1.06 bits per heavy atom. The van der Waals surface area contributed by atoms with Gasteiger partial charge in [0.1, 0.15) is 0 Å². The van der Waals surface area contributed by atoms with Crippen molar-refractivity contribution in [3.63, 3.8) is 0 Å². The fourth-order valence-corrected chi connectivity index (χ4v) is 1.40. The van der Waals surface area contributed by atoms with E-state index in [1.165, 1.54) is 6.92 Å². The lowest BCUT2D eigenvalue weighted by molar-refractivity contribution is -0.270.